The lowest BCUT2D eigenvalue weighted by atomic mass is 10.0. The second kappa shape index (κ2) is 5.44. The van der Waals surface area contributed by atoms with Crippen molar-refractivity contribution in [2.24, 2.45) is 0 Å². The number of aryl methyl sites for hydroxylation is 1. The van der Waals surface area contributed by atoms with Gasteiger partial charge >= 0.3 is 0 Å². The van der Waals surface area contributed by atoms with Crippen LogP contribution in [0.4, 0.5) is 0 Å². The molecule has 1 heterocycles. The molecule has 0 amide bonds. The number of nitrogens with zero attached hydrogens (tertiary/aromatic N) is 2. The molecule has 1 aromatic rings. The van der Waals surface area contributed by atoms with Crippen molar-refractivity contribution in [1.29, 1.82) is 0 Å². The van der Waals surface area contributed by atoms with Crippen LogP contribution in [0.2, 0.25) is 0 Å². The summed E-state index contributed by atoms with van der Waals surface area (Å²) in [6.07, 6.45) is 3.76. The third-order valence-corrected chi connectivity index (χ3v) is 3.95. The van der Waals surface area contributed by atoms with Crippen molar-refractivity contribution >= 4 is 15.9 Å². The summed E-state index contributed by atoms with van der Waals surface area (Å²) < 4.78 is 0. The van der Waals surface area contributed by atoms with Crippen LogP contribution in [0.1, 0.15) is 44.5 Å². The van der Waals surface area contributed by atoms with E-state index in [4.69, 9.17) is 0 Å². The highest BCUT2D eigenvalue weighted by Gasteiger charge is 2.15. The smallest absolute Gasteiger partial charge is 0.115 e. The van der Waals surface area contributed by atoms with E-state index in [1.54, 1.807) is 6.33 Å². The predicted molar refractivity (Wildman–Crippen MR) is 62.8 cm³/mol. The van der Waals surface area contributed by atoms with E-state index in [1.165, 1.54) is 0 Å². The Balaban J connectivity index is 2.83. The maximum Gasteiger partial charge on any atom is 0.115 e. The number of hydrogen-bond acceptors (Lipinski definition) is 2. The van der Waals surface area contributed by atoms with Gasteiger partial charge in [0.2, 0.25) is 0 Å². The summed E-state index contributed by atoms with van der Waals surface area (Å²) in [6.45, 7) is 6.49. The molecule has 0 aliphatic carbocycles. The highest BCUT2D eigenvalue weighted by atomic mass is 79.9. The van der Waals surface area contributed by atoms with Crippen LogP contribution >= 0.6 is 15.9 Å². The number of hydrogen-bond donors (Lipinski definition) is 0. The zero-order valence-electron chi connectivity index (χ0n) is 9.00. The summed E-state index contributed by atoms with van der Waals surface area (Å²) in [5, 5.41) is 0. The first-order valence-electron chi connectivity index (χ1n) is 5.13. The lowest BCUT2D eigenvalue weighted by molar-refractivity contribution is 0.669. The molecule has 78 valence electrons. The van der Waals surface area contributed by atoms with Crippen LogP contribution in [0.15, 0.2) is 12.4 Å². The summed E-state index contributed by atoms with van der Waals surface area (Å²) in [7, 11) is 0. The summed E-state index contributed by atoms with van der Waals surface area (Å²) >= 11 is 3.66. The van der Waals surface area contributed by atoms with Gasteiger partial charge in [-0.05, 0) is 18.9 Å². The first-order valence-corrected chi connectivity index (χ1v) is 6.05. The van der Waals surface area contributed by atoms with Gasteiger partial charge in [-0.3, -0.25) is 0 Å². The van der Waals surface area contributed by atoms with Crippen molar-refractivity contribution < 1.29 is 0 Å². The monoisotopic (exact) mass is 256 g/mol. The molecule has 0 saturated carbocycles. The van der Waals surface area contributed by atoms with E-state index in [-0.39, 0.29) is 0 Å². The van der Waals surface area contributed by atoms with Gasteiger partial charge in [-0.15, -0.1) is 0 Å². The maximum atomic E-state index is 4.32. The topological polar surface area (TPSA) is 25.8 Å². The SMILES string of the molecule is CCc1cc(C(C)C(Br)CC)ncn1. The number of alkyl halides is 1. The zero-order chi connectivity index (χ0) is 10.6. The van der Waals surface area contributed by atoms with Gasteiger partial charge in [0.25, 0.3) is 0 Å². The number of halogens is 1. The molecule has 0 aliphatic heterocycles. The minimum absolute atomic E-state index is 0.452. The van der Waals surface area contributed by atoms with Gasteiger partial charge in [-0.25, -0.2) is 9.97 Å². The largest absolute Gasteiger partial charge is 0.241 e. The van der Waals surface area contributed by atoms with E-state index >= 15 is 0 Å². The summed E-state index contributed by atoms with van der Waals surface area (Å²) in [6, 6.07) is 2.11. The fourth-order valence-electron chi connectivity index (χ4n) is 1.40. The Bertz CT molecular complexity index is 288. The van der Waals surface area contributed by atoms with E-state index in [0.29, 0.717) is 10.7 Å². The van der Waals surface area contributed by atoms with Crippen LogP contribution in [0, 0.1) is 0 Å². The van der Waals surface area contributed by atoms with E-state index in [9.17, 15) is 0 Å². The molecule has 0 radical (unpaired) electrons. The van der Waals surface area contributed by atoms with Crippen molar-refractivity contribution in [3.05, 3.63) is 23.8 Å². The van der Waals surface area contributed by atoms with Gasteiger partial charge in [-0.2, -0.15) is 0 Å². The van der Waals surface area contributed by atoms with Crippen LogP contribution in [0.5, 0.6) is 0 Å². The fraction of sp³-hybridized carbons (Fsp3) is 0.636. The van der Waals surface area contributed by atoms with Gasteiger partial charge in [0, 0.05) is 22.1 Å². The standard InChI is InChI=1S/C11H17BrN2/c1-4-9-6-11(14-7-13-9)8(3)10(12)5-2/h6-8,10H,4-5H2,1-3H3. The quantitative estimate of drug-likeness (QED) is 0.773. The second-order valence-corrected chi connectivity index (χ2v) is 4.68. The Morgan fingerprint density at radius 3 is 2.64 bits per heavy atom. The molecule has 2 unspecified atom stereocenters. The van der Waals surface area contributed by atoms with Crippen LogP contribution in [-0.2, 0) is 6.42 Å². The normalized spacial score (nSPS) is 15.1. The maximum absolute atomic E-state index is 4.32. The molecule has 0 N–H and O–H groups in total. The van der Waals surface area contributed by atoms with Gasteiger partial charge in [0.05, 0.1) is 0 Å². The Hall–Kier alpha value is -0.440. The minimum Gasteiger partial charge on any atom is -0.241 e. The lowest BCUT2D eigenvalue weighted by Gasteiger charge is -2.16. The molecule has 14 heavy (non-hydrogen) atoms. The molecule has 0 aromatic carbocycles. The Labute approximate surface area is 94.3 Å². The average Bonchev–Trinajstić information content (AvgIpc) is 2.27. The lowest BCUT2D eigenvalue weighted by Crippen LogP contribution is -2.10. The third kappa shape index (κ3) is 2.77. The van der Waals surface area contributed by atoms with Crippen LogP contribution in [0.3, 0.4) is 0 Å². The fourth-order valence-corrected chi connectivity index (χ4v) is 1.67. The van der Waals surface area contributed by atoms with E-state index < -0.39 is 0 Å². The molecule has 0 bridgehead atoms. The Morgan fingerprint density at radius 1 is 1.36 bits per heavy atom. The molecule has 1 rings (SSSR count). The average molecular weight is 257 g/mol. The molecule has 0 spiro atoms. The predicted octanol–water partition coefficient (Wildman–Crippen LogP) is 3.32. The van der Waals surface area contributed by atoms with Crippen molar-refractivity contribution in [2.75, 3.05) is 0 Å². The molecular formula is C11H17BrN2. The Kier molecular flexibility index (Phi) is 4.52. The van der Waals surface area contributed by atoms with Gasteiger partial charge in [0.1, 0.15) is 6.33 Å². The molecule has 3 heteroatoms. The third-order valence-electron chi connectivity index (χ3n) is 2.51. The molecule has 1 aromatic heterocycles. The van der Waals surface area contributed by atoms with Crippen LogP contribution in [-0.4, -0.2) is 14.8 Å². The van der Waals surface area contributed by atoms with Gasteiger partial charge in [-0.1, -0.05) is 36.7 Å². The van der Waals surface area contributed by atoms with Crippen LogP contribution < -0.4 is 0 Å². The summed E-state index contributed by atoms with van der Waals surface area (Å²) in [4.78, 5) is 9.02. The molecule has 2 nitrogen and oxygen atoms in total. The molecular weight excluding hydrogens is 240 g/mol. The highest BCUT2D eigenvalue weighted by molar-refractivity contribution is 9.09. The van der Waals surface area contributed by atoms with Crippen molar-refractivity contribution in [3.8, 4) is 0 Å². The van der Waals surface area contributed by atoms with E-state index in [1.807, 2.05) is 0 Å². The Morgan fingerprint density at radius 2 is 2.07 bits per heavy atom. The van der Waals surface area contributed by atoms with Crippen molar-refractivity contribution in [1.82, 2.24) is 9.97 Å². The summed E-state index contributed by atoms with van der Waals surface area (Å²) in [5.74, 6) is 0.452. The van der Waals surface area contributed by atoms with E-state index in [0.717, 1.165) is 24.2 Å². The van der Waals surface area contributed by atoms with Gasteiger partial charge < -0.3 is 0 Å². The van der Waals surface area contributed by atoms with Gasteiger partial charge in [0.15, 0.2) is 0 Å². The zero-order valence-corrected chi connectivity index (χ0v) is 10.6. The first-order chi connectivity index (χ1) is 6.69. The highest BCUT2D eigenvalue weighted by Crippen LogP contribution is 2.25. The van der Waals surface area contributed by atoms with E-state index in [2.05, 4.69) is 52.7 Å². The van der Waals surface area contributed by atoms with Crippen molar-refractivity contribution in [2.45, 2.75) is 44.4 Å². The van der Waals surface area contributed by atoms with Crippen LogP contribution in [0.25, 0.3) is 0 Å². The second-order valence-electron chi connectivity index (χ2n) is 3.50. The molecule has 0 aliphatic rings. The summed E-state index contributed by atoms with van der Waals surface area (Å²) in [5.41, 5.74) is 2.26. The minimum atomic E-state index is 0.452. The molecule has 2 atom stereocenters. The first kappa shape index (κ1) is 11.6. The van der Waals surface area contributed by atoms with Crippen molar-refractivity contribution in [3.63, 3.8) is 0 Å². The number of aromatic nitrogens is 2. The molecule has 0 fully saturated rings. The number of rotatable bonds is 4. The molecule has 0 saturated heterocycles.